The highest BCUT2D eigenvalue weighted by Gasteiger charge is 2.28. The molecule has 32 heavy (non-hydrogen) atoms. The van der Waals surface area contributed by atoms with E-state index in [1.54, 1.807) is 11.2 Å². The number of nitrogens with two attached hydrogens (primary N) is 1. The van der Waals surface area contributed by atoms with Crippen molar-refractivity contribution >= 4 is 40.2 Å². The Bertz CT molecular complexity index is 1130. The largest absolute Gasteiger partial charge is 0.382 e. The third-order valence-electron chi connectivity index (χ3n) is 6.34. The van der Waals surface area contributed by atoms with E-state index in [-0.39, 0.29) is 11.9 Å². The van der Waals surface area contributed by atoms with Crippen molar-refractivity contribution in [2.75, 3.05) is 42.1 Å². The highest BCUT2D eigenvalue weighted by Crippen LogP contribution is 2.28. The van der Waals surface area contributed by atoms with E-state index in [1.165, 1.54) is 31.0 Å². The number of likely N-dealkylation sites (tertiary alicyclic amines) is 1. The molecule has 3 aromatic rings. The minimum Gasteiger partial charge on any atom is -0.382 e. The van der Waals surface area contributed by atoms with Gasteiger partial charge in [-0.15, -0.1) is 0 Å². The fraction of sp³-hybridized carbons (Fsp3) is 0.391. The number of hydrogen-bond acceptors (Lipinski definition) is 7. The van der Waals surface area contributed by atoms with Crippen molar-refractivity contribution in [3.63, 3.8) is 0 Å². The van der Waals surface area contributed by atoms with Crippen LogP contribution in [0.3, 0.4) is 0 Å². The summed E-state index contributed by atoms with van der Waals surface area (Å²) in [4.78, 5) is 29.7. The second-order valence-electron chi connectivity index (χ2n) is 8.41. The SMILES string of the molecule is C=CC(=O)N1CCC(n2cnc3c(N)nc(Nc4ccc(N5CCCCC5)cc4)nc32)C1. The van der Waals surface area contributed by atoms with Crippen LogP contribution in [0.2, 0.25) is 0 Å². The van der Waals surface area contributed by atoms with Crippen LogP contribution >= 0.6 is 0 Å². The first-order valence-electron chi connectivity index (χ1n) is 11.2. The van der Waals surface area contributed by atoms with Crippen molar-refractivity contribution in [3.8, 4) is 0 Å². The summed E-state index contributed by atoms with van der Waals surface area (Å²) in [5, 5.41) is 3.27. The number of nitrogen functional groups attached to an aromatic ring is 1. The lowest BCUT2D eigenvalue weighted by atomic mass is 10.1. The average molecular weight is 433 g/mol. The number of aromatic nitrogens is 4. The van der Waals surface area contributed by atoms with Crippen LogP contribution in [0.1, 0.15) is 31.7 Å². The van der Waals surface area contributed by atoms with Crippen molar-refractivity contribution in [1.82, 2.24) is 24.4 Å². The smallest absolute Gasteiger partial charge is 0.246 e. The molecule has 2 saturated heterocycles. The van der Waals surface area contributed by atoms with E-state index in [0.717, 1.165) is 25.2 Å². The fourth-order valence-corrected chi connectivity index (χ4v) is 4.60. The number of amides is 1. The number of anilines is 4. The zero-order chi connectivity index (χ0) is 22.1. The van der Waals surface area contributed by atoms with Crippen molar-refractivity contribution in [3.05, 3.63) is 43.2 Å². The first-order chi connectivity index (χ1) is 15.6. The Kier molecular flexibility index (Phi) is 5.38. The molecule has 9 heteroatoms. The molecule has 3 N–H and O–H groups in total. The molecule has 9 nitrogen and oxygen atoms in total. The van der Waals surface area contributed by atoms with E-state index in [9.17, 15) is 4.79 Å². The summed E-state index contributed by atoms with van der Waals surface area (Å²) < 4.78 is 1.99. The predicted octanol–water partition coefficient (Wildman–Crippen LogP) is 3.10. The van der Waals surface area contributed by atoms with Gasteiger partial charge in [-0.2, -0.15) is 9.97 Å². The van der Waals surface area contributed by atoms with Crippen LogP contribution in [0, 0.1) is 0 Å². The van der Waals surface area contributed by atoms with E-state index in [2.05, 4.69) is 38.9 Å². The molecule has 2 aliphatic heterocycles. The van der Waals surface area contributed by atoms with Crippen LogP contribution in [0.5, 0.6) is 0 Å². The molecule has 2 aliphatic rings. The standard InChI is InChI=1S/C23H28N8O/c1-2-19(32)30-13-10-18(14-30)31-15-25-20-21(24)27-23(28-22(20)31)26-16-6-8-17(9-7-16)29-11-4-3-5-12-29/h2,6-9,15,18H,1,3-5,10-14H2,(H3,24,26,27,28). The molecule has 1 unspecified atom stereocenters. The van der Waals surface area contributed by atoms with Gasteiger partial charge in [0, 0.05) is 37.6 Å². The number of carbonyl (C=O) groups excluding carboxylic acids is 1. The van der Waals surface area contributed by atoms with Gasteiger partial charge in [-0.05, 0) is 56.0 Å². The summed E-state index contributed by atoms with van der Waals surface area (Å²) in [5.74, 6) is 0.708. The lowest BCUT2D eigenvalue weighted by molar-refractivity contribution is -0.125. The van der Waals surface area contributed by atoms with Gasteiger partial charge in [0.1, 0.15) is 5.52 Å². The molecule has 1 atom stereocenters. The van der Waals surface area contributed by atoms with Gasteiger partial charge in [0.15, 0.2) is 11.5 Å². The maximum Gasteiger partial charge on any atom is 0.246 e. The normalized spacial score (nSPS) is 18.8. The minimum atomic E-state index is -0.0542. The van der Waals surface area contributed by atoms with Crippen LogP contribution in [-0.2, 0) is 4.79 Å². The Morgan fingerprint density at radius 2 is 1.91 bits per heavy atom. The number of nitrogens with zero attached hydrogens (tertiary/aromatic N) is 6. The van der Waals surface area contributed by atoms with Crippen LogP contribution in [0.15, 0.2) is 43.2 Å². The Labute approximate surface area is 186 Å². The van der Waals surface area contributed by atoms with Gasteiger partial charge in [-0.25, -0.2) is 4.98 Å². The lowest BCUT2D eigenvalue weighted by Crippen LogP contribution is -2.29. The van der Waals surface area contributed by atoms with Gasteiger partial charge in [-0.1, -0.05) is 6.58 Å². The monoisotopic (exact) mass is 432 g/mol. The van der Waals surface area contributed by atoms with E-state index in [0.29, 0.717) is 36.0 Å². The highest BCUT2D eigenvalue weighted by molar-refractivity contribution is 5.87. The van der Waals surface area contributed by atoms with Crippen LogP contribution in [0.25, 0.3) is 11.2 Å². The predicted molar refractivity (Wildman–Crippen MR) is 126 cm³/mol. The number of benzene rings is 1. The molecule has 0 aliphatic carbocycles. The van der Waals surface area contributed by atoms with Crippen LogP contribution in [0.4, 0.5) is 23.1 Å². The molecule has 1 amide bonds. The number of nitrogens with one attached hydrogen (secondary N) is 1. The van der Waals surface area contributed by atoms with Crippen molar-refractivity contribution in [2.24, 2.45) is 0 Å². The first kappa shape index (κ1) is 20.3. The Hall–Kier alpha value is -3.62. The van der Waals surface area contributed by atoms with E-state index < -0.39 is 0 Å². The molecule has 2 aromatic heterocycles. The van der Waals surface area contributed by atoms with Gasteiger partial charge < -0.3 is 25.4 Å². The van der Waals surface area contributed by atoms with Crippen molar-refractivity contribution < 1.29 is 4.79 Å². The summed E-state index contributed by atoms with van der Waals surface area (Å²) in [6, 6.07) is 8.43. The summed E-state index contributed by atoms with van der Waals surface area (Å²) in [5.41, 5.74) is 9.57. The highest BCUT2D eigenvalue weighted by atomic mass is 16.2. The number of fused-ring (bicyclic) bond motifs is 1. The Morgan fingerprint density at radius 1 is 1.12 bits per heavy atom. The number of piperidine rings is 1. The van der Waals surface area contributed by atoms with Crippen molar-refractivity contribution in [2.45, 2.75) is 31.7 Å². The van der Waals surface area contributed by atoms with E-state index in [4.69, 9.17) is 10.7 Å². The minimum absolute atomic E-state index is 0.0542. The molecule has 0 saturated carbocycles. The molecule has 2 fully saturated rings. The topological polar surface area (TPSA) is 105 Å². The van der Waals surface area contributed by atoms with E-state index in [1.807, 2.05) is 16.7 Å². The van der Waals surface area contributed by atoms with Gasteiger partial charge in [-0.3, -0.25) is 4.79 Å². The van der Waals surface area contributed by atoms with Crippen LogP contribution < -0.4 is 16.0 Å². The summed E-state index contributed by atoms with van der Waals surface area (Å²) >= 11 is 0. The van der Waals surface area contributed by atoms with Crippen LogP contribution in [-0.4, -0.2) is 56.5 Å². The van der Waals surface area contributed by atoms with Crippen molar-refractivity contribution in [1.29, 1.82) is 0 Å². The number of carbonyl (C=O) groups is 1. The average Bonchev–Trinajstić information content (AvgIpc) is 3.47. The number of rotatable bonds is 5. The Balaban J connectivity index is 1.36. The maximum atomic E-state index is 12.0. The zero-order valence-corrected chi connectivity index (χ0v) is 18.1. The van der Waals surface area contributed by atoms with E-state index >= 15 is 0 Å². The molecular formula is C23H28N8O. The number of imidazole rings is 1. The summed E-state index contributed by atoms with van der Waals surface area (Å²) in [7, 11) is 0. The molecule has 0 spiro atoms. The quantitative estimate of drug-likeness (QED) is 0.597. The molecule has 0 bridgehead atoms. The molecule has 1 aromatic carbocycles. The molecule has 5 rings (SSSR count). The van der Waals surface area contributed by atoms with Gasteiger partial charge >= 0.3 is 0 Å². The van der Waals surface area contributed by atoms with Gasteiger partial charge in [0.2, 0.25) is 11.9 Å². The van der Waals surface area contributed by atoms with Gasteiger partial charge in [0.05, 0.1) is 12.4 Å². The second-order valence-corrected chi connectivity index (χ2v) is 8.41. The first-order valence-corrected chi connectivity index (χ1v) is 11.2. The molecular weight excluding hydrogens is 404 g/mol. The third-order valence-corrected chi connectivity index (χ3v) is 6.34. The fourth-order valence-electron chi connectivity index (χ4n) is 4.60. The molecule has 4 heterocycles. The number of hydrogen-bond donors (Lipinski definition) is 2. The maximum absolute atomic E-state index is 12.0. The van der Waals surface area contributed by atoms with Gasteiger partial charge in [0.25, 0.3) is 0 Å². The summed E-state index contributed by atoms with van der Waals surface area (Å²) in [6.45, 7) is 7.09. The zero-order valence-electron chi connectivity index (χ0n) is 18.1. The third kappa shape index (κ3) is 3.86. The molecule has 0 radical (unpaired) electrons. The lowest BCUT2D eigenvalue weighted by Gasteiger charge is -2.28. The Morgan fingerprint density at radius 3 is 2.66 bits per heavy atom. The summed E-state index contributed by atoms with van der Waals surface area (Å²) in [6.07, 6.45) is 7.74. The second kappa shape index (κ2) is 8.49. The molecule has 166 valence electrons.